The van der Waals surface area contributed by atoms with Crippen molar-refractivity contribution in [2.75, 3.05) is 6.54 Å². The van der Waals surface area contributed by atoms with Gasteiger partial charge in [0.15, 0.2) is 0 Å². The van der Waals surface area contributed by atoms with Crippen molar-refractivity contribution in [2.45, 2.75) is 44.4 Å². The molecule has 1 aliphatic rings. The monoisotopic (exact) mass is 224 g/mol. The lowest BCUT2D eigenvalue weighted by Gasteiger charge is -2.15. The van der Waals surface area contributed by atoms with Crippen LogP contribution < -0.4 is 10.6 Å². The molecular formula is C9H15F3N2O. The molecule has 1 saturated carbocycles. The van der Waals surface area contributed by atoms with Crippen LogP contribution in [0.15, 0.2) is 0 Å². The highest BCUT2D eigenvalue weighted by atomic mass is 19.4. The molecule has 1 rings (SSSR count). The highest BCUT2D eigenvalue weighted by molar-refractivity contribution is 5.78. The number of nitrogens with one attached hydrogen (secondary N) is 2. The molecule has 1 unspecified atom stereocenters. The molecule has 15 heavy (non-hydrogen) atoms. The Kier molecular flexibility index (Phi) is 3.96. The lowest BCUT2D eigenvalue weighted by atomic mass is 10.2. The molecule has 6 heteroatoms. The van der Waals surface area contributed by atoms with Crippen LogP contribution in [0.5, 0.6) is 0 Å². The molecule has 0 aliphatic heterocycles. The highest BCUT2D eigenvalue weighted by Gasteiger charge is 2.30. The third-order valence-corrected chi connectivity index (χ3v) is 2.09. The van der Waals surface area contributed by atoms with E-state index in [9.17, 15) is 18.0 Å². The minimum Gasteiger partial charge on any atom is -0.352 e. The van der Waals surface area contributed by atoms with Crippen molar-refractivity contribution >= 4 is 5.91 Å². The number of alkyl halides is 3. The zero-order chi connectivity index (χ0) is 11.5. The van der Waals surface area contributed by atoms with E-state index in [2.05, 4.69) is 10.6 Å². The molecular weight excluding hydrogens is 209 g/mol. The van der Waals surface area contributed by atoms with Crippen molar-refractivity contribution in [3.05, 3.63) is 0 Å². The van der Waals surface area contributed by atoms with Crippen molar-refractivity contribution < 1.29 is 18.0 Å². The van der Waals surface area contributed by atoms with Gasteiger partial charge in [0.2, 0.25) is 5.91 Å². The van der Waals surface area contributed by atoms with Crippen LogP contribution in [0.3, 0.4) is 0 Å². The second-order valence-electron chi connectivity index (χ2n) is 3.94. The molecule has 88 valence electrons. The van der Waals surface area contributed by atoms with Crippen molar-refractivity contribution in [1.82, 2.24) is 10.6 Å². The maximum atomic E-state index is 11.9. The summed E-state index contributed by atoms with van der Waals surface area (Å²) in [5, 5.41) is 5.23. The SMILES string of the molecule is CC(CC(F)(F)F)NCC(=O)NC1CC1. The maximum Gasteiger partial charge on any atom is 0.390 e. The Balaban J connectivity index is 2.09. The van der Waals surface area contributed by atoms with Crippen LogP contribution in [-0.2, 0) is 4.79 Å². The molecule has 1 aliphatic carbocycles. The zero-order valence-electron chi connectivity index (χ0n) is 8.53. The van der Waals surface area contributed by atoms with Gasteiger partial charge in [-0.15, -0.1) is 0 Å². The molecule has 0 aromatic rings. The lowest BCUT2D eigenvalue weighted by Crippen LogP contribution is -2.40. The topological polar surface area (TPSA) is 41.1 Å². The van der Waals surface area contributed by atoms with Gasteiger partial charge in [-0.3, -0.25) is 4.79 Å². The maximum absolute atomic E-state index is 11.9. The number of amides is 1. The minimum absolute atomic E-state index is 0.0479. The van der Waals surface area contributed by atoms with E-state index in [4.69, 9.17) is 0 Å². The average Bonchev–Trinajstić information content (AvgIpc) is 2.81. The molecule has 0 aromatic heterocycles. The van der Waals surface area contributed by atoms with E-state index in [1.807, 2.05) is 0 Å². The lowest BCUT2D eigenvalue weighted by molar-refractivity contribution is -0.139. The molecule has 1 amide bonds. The summed E-state index contributed by atoms with van der Waals surface area (Å²) in [4.78, 5) is 11.1. The fraction of sp³-hybridized carbons (Fsp3) is 0.889. The summed E-state index contributed by atoms with van der Waals surface area (Å²) in [6.45, 7) is 1.37. The standard InChI is InChI=1S/C9H15F3N2O/c1-6(4-9(10,11)12)13-5-8(15)14-7-2-3-7/h6-7,13H,2-5H2,1H3,(H,14,15). The van der Waals surface area contributed by atoms with Gasteiger partial charge in [-0.05, 0) is 19.8 Å². The van der Waals surface area contributed by atoms with Gasteiger partial charge in [0, 0.05) is 12.1 Å². The van der Waals surface area contributed by atoms with E-state index in [1.165, 1.54) is 6.92 Å². The zero-order valence-corrected chi connectivity index (χ0v) is 8.53. The van der Waals surface area contributed by atoms with Crippen LogP contribution in [0.4, 0.5) is 13.2 Å². The summed E-state index contributed by atoms with van der Waals surface area (Å²) < 4.78 is 35.7. The summed E-state index contributed by atoms with van der Waals surface area (Å²) in [7, 11) is 0. The number of carbonyl (C=O) groups excluding carboxylic acids is 1. The quantitative estimate of drug-likeness (QED) is 0.736. The Hall–Kier alpha value is -0.780. The van der Waals surface area contributed by atoms with E-state index in [0.29, 0.717) is 0 Å². The van der Waals surface area contributed by atoms with Gasteiger partial charge in [-0.2, -0.15) is 13.2 Å². The Morgan fingerprint density at radius 3 is 2.53 bits per heavy atom. The average molecular weight is 224 g/mol. The van der Waals surface area contributed by atoms with Crippen LogP contribution >= 0.6 is 0 Å². The van der Waals surface area contributed by atoms with Gasteiger partial charge >= 0.3 is 6.18 Å². The summed E-state index contributed by atoms with van der Waals surface area (Å²) in [5.74, 6) is -0.230. The van der Waals surface area contributed by atoms with Gasteiger partial charge in [-0.1, -0.05) is 0 Å². The molecule has 0 bridgehead atoms. The van der Waals surface area contributed by atoms with Crippen molar-refractivity contribution in [1.29, 1.82) is 0 Å². The smallest absolute Gasteiger partial charge is 0.352 e. The van der Waals surface area contributed by atoms with E-state index >= 15 is 0 Å². The largest absolute Gasteiger partial charge is 0.390 e. The number of hydrogen-bond donors (Lipinski definition) is 2. The van der Waals surface area contributed by atoms with Crippen LogP contribution in [-0.4, -0.2) is 30.7 Å². The second kappa shape index (κ2) is 4.83. The first-order valence-corrected chi connectivity index (χ1v) is 4.96. The number of hydrogen-bond acceptors (Lipinski definition) is 2. The summed E-state index contributed by atoms with van der Waals surface area (Å²) >= 11 is 0. The molecule has 1 atom stereocenters. The molecule has 1 fully saturated rings. The first-order valence-electron chi connectivity index (χ1n) is 4.96. The third-order valence-electron chi connectivity index (χ3n) is 2.09. The molecule has 0 radical (unpaired) electrons. The fourth-order valence-electron chi connectivity index (χ4n) is 1.19. The first kappa shape index (κ1) is 12.3. The molecule has 0 spiro atoms. The Morgan fingerprint density at radius 2 is 2.07 bits per heavy atom. The van der Waals surface area contributed by atoms with E-state index in [-0.39, 0.29) is 18.5 Å². The fourth-order valence-corrected chi connectivity index (χ4v) is 1.19. The number of halogens is 3. The predicted octanol–water partition coefficient (Wildman–Crippen LogP) is 1.20. The van der Waals surface area contributed by atoms with Gasteiger partial charge in [0.1, 0.15) is 0 Å². The Labute approximate surface area is 86.4 Å². The highest BCUT2D eigenvalue weighted by Crippen LogP contribution is 2.21. The molecule has 0 aromatic carbocycles. The Bertz CT molecular complexity index is 226. The normalized spacial score (nSPS) is 18.7. The predicted molar refractivity (Wildman–Crippen MR) is 49.3 cm³/mol. The van der Waals surface area contributed by atoms with E-state index in [1.54, 1.807) is 0 Å². The second-order valence-corrected chi connectivity index (χ2v) is 3.94. The van der Waals surface area contributed by atoms with Crippen LogP contribution in [0.25, 0.3) is 0 Å². The van der Waals surface area contributed by atoms with Gasteiger partial charge in [-0.25, -0.2) is 0 Å². The van der Waals surface area contributed by atoms with Crippen molar-refractivity contribution in [3.8, 4) is 0 Å². The van der Waals surface area contributed by atoms with Crippen LogP contribution in [0.1, 0.15) is 26.2 Å². The molecule has 0 saturated heterocycles. The number of carbonyl (C=O) groups is 1. The summed E-state index contributed by atoms with van der Waals surface area (Å²) in [6, 6.07) is -0.479. The van der Waals surface area contributed by atoms with Crippen LogP contribution in [0.2, 0.25) is 0 Å². The summed E-state index contributed by atoms with van der Waals surface area (Å²) in [5.41, 5.74) is 0. The van der Waals surface area contributed by atoms with Gasteiger partial charge in [0.05, 0.1) is 13.0 Å². The van der Waals surface area contributed by atoms with Gasteiger partial charge in [0.25, 0.3) is 0 Å². The first-order chi connectivity index (χ1) is 6.87. The van der Waals surface area contributed by atoms with Crippen molar-refractivity contribution in [3.63, 3.8) is 0 Å². The third kappa shape index (κ3) is 6.33. The van der Waals surface area contributed by atoms with E-state index in [0.717, 1.165) is 12.8 Å². The molecule has 0 heterocycles. The number of rotatable bonds is 5. The van der Waals surface area contributed by atoms with Crippen LogP contribution in [0, 0.1) is 0 Å². The minimum atomic E-state index is -4.18. The van der Waals surface area contributed by atoms with Crippen molar-refractivity contribution in [2.24, 2.45) is 0 Å². The molecule has 2 N–H and O–H groups in total. The Morgan fingerprint density at radius 1 is 1.47 bits per heavy atom. The van der Waals surface area contributed by atoms with Gasteiger partial charge < -0.3 is 10.6 Å². The summed E-state index contributed by atoms with van der Waals surface area (Å²) in [6.07, 6.45) is -3.14. The van der Waals surface area contributed by atoms with E-state index < -0.39 is 18.6 Å². The molecule has 3 nitrogen and oxygen atoms in total.